The number of para-hydroxylation sites is 1. The molecule has 0 spiro atoms. The summed E-state index contributed by atoms with van der Waals surface area (Å²) in [4.78, 5) is 3.65. The average molecular weight is 538 g/mol. The molecule has 2 heteroatoms. The minimum Gasteiger partial charge on any atom is -0.247 e. The maximum Gasteiger partial charge on any atom is 0.262 e. The molecule has 0 bridgehead atoms. The van der Waals surface area contributed by atoms with Crippen LogP contribution in [0.15, 0.2) is 42.7 Å². The second-order valence-corrected chi connectivity index (χ2v) is 12.2. The van der Waals surface area contributed by atoms with Crippen molar-refractivity contribution in [3.05, 3.63) is 48.5 Å². The fraction of sp³-hybridized carbons (Fsp3) is 0.757. The molecule has 1 atom stereocenters. The first-order valence-electron chi connectivity index (χ1n) is 17.5. The summed E-state index contributed by atoms with van der Waals surface area (Å²) < 4.78 is 2.41. The summed E-state index contributed by atoms with van der Waals surface area (Å²) in [6, 6.07) is 10.9. The van der Waals surface area contributed by atoms with E-state index in [0.717, 1.165) is 0 Å². The molecule has 1 aromatic heterocycles. The van der Waals surface area contributed by atoms with E-state index >= 15 is 0 Å². The topological polar surface area (TPSA) is 19.7 Å². The molecule has 2 rings (SSSR count). The van der Waals surface area contributed by atoms with Gasteiger partial charge in [0.15, 0.2) is 0 Å². The molecule has 222 valence electrons. The van der Waals surface area contributed by atoms with Gasteiger partial charge in [-0.2, -0.15) is 4.57 Å². The lowest BCUT2D eigenvalue weighted by atomic mass is 9.93. The highest BCUT2D eigenvalue weighted by molar-refractivity contribution is 5.22. The lowest BCUT2D eigenvalue weighted by Crippen LogP contribution is -2.34. The van der Waals surface area contributed by atoms with E-state index < -0.39 is 0 Å². The Morgan fingerprint density at radius 1 is 0.513 bits per heavy atom. The van der Waals surface area contributed by atoms with Crippen molar-refractivity contribution in [1.82, 2.24) is 4.98 Å². The van der Waals surface area contributed by atoms with Gasteiger partial charge in [0.05, 0.1) is 5.92 Å². The van der Waals surface area contributed by atoms with Crippen molar-refractivity contribution >= 4 is 0 Å². The highest BCUT2D eigenvalue weighted by atomic mass is 15.1. The van der Waals surface area contributed by atoms with E-state index in [9.17, 15) is 0 Å². The van der Waals surface area contributed by atoms with Crippen molar-refractivity contribution in [2.45, 2.75) is 180 Å². The molecule has 0 fully saturated rings. The molecular weight excluding hydrogens is 472 g/mol. The SMILES string of the molecule is CCCCCCCCCCCCCC[C@H](CCCCCCCCCCCCC)c1[nH]cc[n+]1-c1ccccc1. The monoisotopic (exact) mass is 538 g/mol. The number of aromatic nitrogens is 2. The second kappa shape index (κ2) is 24.2. The predicted octanol–water partition coefficient (Wildman–Crippen LogP) is 12.2. The van der Waals surface area contributed by atoms with E-state index in [-0.39, 0.29) is 0 Å². The molecule has 1 heterocycles. The fourth-order valence-electron chi connectivity index (χ4n) is 6.18. The van der Waals surface area contributed by atoms with E-state index in [0.29, 0.717) is 5.92 Å². The summed E-state index contributed by atoms with van der Waals surface area (Å²) in [5, 5.41) is 0. The summed E-state index contributed by atoms with van der Waals surface area (Å²) >= 11 is 0. The molecule has 2 nitrogen and oxygen atoms in total. The van der Waals surface area contributed by atoms with Gasteiger partial charge in [-0.3, -0.25) is 0 Å². The van der Waals surface area contributed by atoms with Gasteiger partial charge in [0.2, 0.25) is 0 Å². The van der Waals surface area contributed by atoms with Crippen molar-refractivity contribution in [2.75, 3.05) is 0 Å². The highest BCUT2D eigenvalue weighted by Gasteiger charge is 2.23. The summed E-state index contributed by atoms with van der Waals surface area (Å²) in [6.45, 7) is 4.61. The molecule has 0 aliphatic heterocycles. The predicted molar refractivity (Wildman–Crippen MR) is 172 cm³/mol. The van der Waals surface area contributed by atoms with Crippen LogP contribution in [0.2, 0.25) is 0 Å². The minimum absolute atomic E-state index is 0.641. The van der Waals surface area contributed by atoms with Crippen LogP contribution in [-0.4, -0.2) is 4.98 Å². The summed E-state index contributed by atoms with van der Waals surface area (Å²) in [6.07, 6.45) is 39.8. The highest BCUT2D eigenvalue weighted by Crippen LogP contribution is 2.27. The van der Waals surface area contributed by atoms with Gasteiger partial charge in [-0.25, -0.2) is 4.98 Å². The van der Waals surface area contributed by atoms with E-state index in [2.05, 4.69) is 66.1 Å². The molecule has 1 N–H and O–H groups in total. The van der Waals surface area contributed by atoms with Gasteiger partial charge >= 0.3 is 0 Å². The Labute approximate surface area is 243 Å². The largest absolute Gasteiger partial charge is 0.262 e. The number of benzene rings is 1. The molecule has 0 aliphatic rings. The zero-order valence-corrected chi connectivity index (χ0v) is 26.2. The Morgan fingerprint density at radius 3 is 1.31 bits per heavy atom. The molecule has 1 aromatic carbocycles. The van der Waals surface area contributed by atoms with Crippen LogP contribution in [0.4, 0.5) is 0 Å². The number of hydrogen-bond donors (Lipinski definition) is 1. The number of hydrogen-bond acceptors (Lipinski definition) is 0. The lowest BCUT2D eigenvalue weighted by Gasteiger charge is -2.14. The number of imidazole rings is 1. The van der Waals surface area contributed by atoms with Crippen molar-refractivity contribution in [2.24, 2.45) is 0 Å². The van der Waals surface area contributed by atoms with Gasteiger partial charge in [-0.15, -0.1) is 0 Å². The minimum atomic E-state index is 0.641. The first kappa shape index (κ1) is 33.6. The van der Waals surface area contributed by atoms with Crippen molar-refractivity contribution in [1.29, 1.82) is 0 Å². The molecule has 0 radical (unpaired) electrons. The van der Waals surface area contributed by atoms with Crippen LogP contribution in [0.1, 0.15) is 186 Å². The molecule has 0 aliphatic carbocycles. The Balaban J connectivity index is 1.67. The van der Waals surface area contributed by atoms with Crippen molar-refractivity contribution < 1.29 is 4.57 Å². The number of unbranched alkanes of at least 4 members (excludes halogenated alkanes) is 21. The third kappa shape index (κ3) is 16.3. The number of aromatic amines is 1. The summed E-state index contributed by atoms with van der Waals surface area (Å²) in [5.74, 6) is 2.05. The first-order chi connectivity index (χ1) is 19.4. The zero-order chi connectivity index (χ0) is 27.6. The number of rotatable bonds is 27. The Morgan fingerprint density at radius 2 is 0.897 bits per heavy atom. The van der Waals surface area contributed by atoms with Crippen LogP contribution >= 0.6 is 0 Å². The standard InChI is InChI=1S/C37H64N2/c1-3-5-7-9-11-13-15-17-19-21-23-26-30-35(29-25-22-20-18-16-14-12-10-8-6-4-2)37-38-33-34-39(37)36-31-27-24-28-32-36/h24,27-28,31-35H,3-23,25-26,29-30H2,1-2H3/p+1/t35-/m0/s1. The molecular formula is C37H65N2+. The van der Waals surface area contributed by atoms with Crippen molar-refractivity contribution in [3.8, 4) is 5.69 Å². The quantitative estimate of drug-likeness (QED) is 0.0863. The Kier molecular flexibility index (Phi) is 20.9. The van der Waals surface area contributed by atoms with Gasteiger partial charge in [-0.05, 0) is 25.0 Å². The van der Waals surface area contributed by atoms with Gasteiger partial charge in [0.25, 0.3) is 5.82 Å². The Bertz CT molecular complexity index is 765. The van der Waals surface area contributed by atoms with Crippen molar-refractivity contribution in [3.63, 3.8) is 0 Å². The zero-order valence-electron chi connectivity index (χ0n) is 26.2. The number of H-pyrrole nitrogens is 1. The summed E-state index contributed by atoms with van der Waals surface area (Å²) in [5.41, 5.74) is 1.28. The third-order valence-corrected chi connectivity index (χ3v) is 8.70. The molecule has 0 saturated heterocycles. The number of nitrogens with zero attached hydrogens (tertiary/aromatic N) is 1. The maximum absolute atomic E-state index is 3.65. The van der Waals surface area contributed by atoms with Gasteiger partial charge in [0.1, 0.15) is 18.1 Å². The van der Waals surface area contributed by atoms with E-state index in [4.69, 9.17) is 0 Å². The average Bonchev–Trinajstić information content (AvgIpc) is 3.46. The maximum atomic E-state index is 3.65. The van der Waals surface area contributed by atoms with Crippen LogP contribution in [0.5, 0.6) is 0 Å². The van der Waals surface area contributed by atoms with Gasteiger partial charge in [0, 0.05) is 0 Å². The Hall–Kier alpha value is -1.57. The molecule has 0 amide bonds. The van der Waals surface area contributed by atoms with Crippen LogP contribution in [0.25, 0.3) is 5.69 Å². The van der Waals surface area contributed by atoms with E-state index in [1.165, 1.54) is 172 Å². The smallest absolute Gasteiger partial charge is 0.247 e. The molecule has 0 saturated carbocycles. The van der Waals surface area contributed by atoms with Crippen LogP contribution in [0.3, 0.4) is 0 Å². The number of nitrogens with one attached hydrogen (secondary N) is 1. The van der Waals surface area contributed by atoms with Crippen LogP contribution < -0.4 is 4.57 Å². The van der Waals surface area contributed by atoms with Crippen LogP contribution in [0, 0.1) is 0 Å². The van der Waals surface area contributed by atoms with Gasteiger partial charge in [-0.1, -0.05) is 180 Å². The fourth-order valence-corrected chi connectivity index (χ4v) is 6.18. The first-order valence-corrected chi connectivity index (χ1v) is 17.5. The lowest BCUT2D eigenvalue weighted by molar-refractivity contribution is -0.604. The second-order valence-electron chi connectivity index (χ2n) is 12.2. The molecule has 39 heavy (non-hydrogen) atoms. The normalized spacial score (nSPS) is 12.3. The van der Waals surface area contributed by atoms with E-state index in [1.807, 2.05) is 0 Å². The van der Waals surface area contributed by atoms with E-state index in [1.54, 1.807) is 0 Å². The third-order valence-electron chi connectivity index (χ3n) is 8.70. The van der Waals surface area contributed by atoms with Gasteiger partial charge < -0.3 is 0 Å². The van der Waals surface area contributed by atoms with Crippen LogP contribution in [-0.2, 0) is 0 Å². The summed E-state index contributed by atoms with van der Waals surface area (Å²) in [7, 11) is 0. The molecule has 0 unspecified atom stereocenters. The molecule has 2 aromatic rings.